The summed E-state index contributed by atoms with van der Waals surface area (Å²) < 4.78 is 11.3. The lowest BCUT2D eigenvalue weighted by molar-refractivity contribution is -0.122. The number of amides is 3. The number of benzene rings is 1. The van der Waals surface area contributed by atoms with Gasteiger partial charge in [0.05, 0.1) is 24.9 Å². The molecule has 4 rings (SSSR count). The number of anilines is 2. The number of hydrogen-bond acceptors (Lipinski definition) is 9. The summed E-state index contributed by atoms with van der Waals surface area (Å²) >= 11 is 2.46. The number of methoxy groups -OCH3 is 1. The summed E-state index contributed by atoms with van der Waals surface area (Å²) in [6.45, 7) is 1.55. The number of nitrogens with zero attached hydrogens (tertiary/aromatic N) is 3. The van der Waals surface area contributed by atoms with Gasteiger partial charge >= 0.3 is 0 Å². The van der Waals surface area contributed by atoms with Crippen LogP contribution in [0.15, 0.2) is 28.6 Å². The molecule has 2 aliphatic rings. The van der Waals surface area contributed by atoms with Gasteiger partial charge in [0.15, 0.2) is 4.34 Å². The van der Waals surface area contributed by atoms with Gasteiger partial charge in [-0.1, -0.05) is 29.2 Å². The fraction of sp³-hybridized carbons (Fsp3) is 0.476. The molecular weight excluding hydrogens is 466 g/mol. The van der Waals surface area contributed by atoms with Crippen molar-refractivity contribution in [1.29, 1.82) is 0 Å². The Morgan fingerprint density at radius 2 is 2.24 bits per heavy atom. The van der Waals surface area contributed by atoms with Crippen LogP contribution in [0.4, 0.5) is 10.8 Å². The first-order valence-electron chi connectivity index (χ1n) is 10.6. The van der Waals surface area contributed by atoms with Crippen molar-refractivity contribution in [2.45, 2.75) is 29.7 Å². The van der Waals surface area contributed by atoms with Gasteiger partial charge in [-0.3, -0.25) is 14.4 Å². The molecule has 10 nitrogen and oxygen atoms in total. The number of nitrogens with one attached hydrogen (secondary N) is 2. The highest BCUT2D eigenvalue weighted by molar-refractivity contribution is 8.01. The third kappa shape index (κ3) is 6.21. The highest BCUT2D eigenvalue weighted by Gasteiger charge is 2.35. The normalized spacial score (nSPS) is 20.2. The Labute approximate surface area is 199 Å². The minimum atomic E-state index is -0.493. The van der Waals surface area contributed by atoms with E-state index in [2.05, 4.69) is 20.8 Å². The SMILES string of the molecule is COc1cccc(N2C[C@H](C(=O)Nc3nnc(SCC(=O)NC[C@@H]4CCCO4)s3)CC2=O)c1. The molecule has 176 valence electrons. The summed E-state index contributed by atoms with van der Waals surface area (Å²) in [6, 6.07) is 7.18. The van der Waals surface area contributed by atoms with Crippen molar-refractivity contribution in [2.24, 2.45) is 5.92 Å². The third-order valence-corrected chi connectivity index (χ3v) is 7.35. The number of ether oxygens (including phenoxy) is 2. The number of thioether (sulfide) groups is 1. The smallest absolute Gasteiger partial charge is 0.231 e. The molecule has 3 heterocycles. The number of carbonyl (C=O) groups excluding carboxylic acids is 3. The molecule has 1 aromatic carbocycles. The average molecular weight is 492 g/mol. The Kier molecular flexibility index (Phi) is 7.78. The van der Waals surface area contributed by atoms with Crippen LogP contribution < -0.4 is 20.3 Å². The summed E-state index contributed by atoms with van der Waals surface area (Å²) in [7, 11) is 1.56. The first kappa shape index (κ1) is 23.5. The van der Waals surface area contributed by atoms with Crippen LogP contribution in [0.3, 0.4) is 0 Å². The molecule has 0 bridgehead atoms. The fourth-order valence-electron chi connectivity index (χ4n) is 3.65. The Morgan fingerprint density at radius 3 is 3.03 bits per heavy atom. The van der Waals surface area contributed by atoms with Crippen LogP contribution in [0.25, 0.3) is 0 Å². The standard InChI is InChI=1S/C21H25N5O5S2/c1-30-15-5-2-4-14(9-15)26-11-13(8-18(26)28)19(29)23-20-24-25-21(33-20)32-12-17(27)22-10-16-6-3-7-31-16/h2,4-5,9,13,16H,3,6-8,10-12H2,1H3,(H,22,27)(H,23,24,29)/t13-,16+/m1/s1. The number of aromatic nitrogens is 2. The zero-order valence-corrected chi connectivity index (χ0v) is 19.7. The quantitative estimate of drug-likeness (QED) is 0.403. The molecule has 2 aromatic rings. The molecule has 0 radical (unpaired) electrons. The molecule has 2 saturated heterocycles. The minimum absolute atomic E-state index is 0.0987. The van der Waals surface area contributed by atoms with E-state index in [9.17, 15) is 14.4 Å². The summed E-state index contributed by atoms with van der Waals surface area (Å²) in [4.78, 5) is 38.7. The highest BCUT2D eigenvalue weighted by Crippen LogP contribution is 2.30. The molecule has 2 N–H and O–H groups in total. The van der Waals surface area contributed by atoms with Gasteiger partial charge in [-0.05, 0) is 25.0 Å². The van der Waals surface area contributed by atoms with E-state index in [0.29, 0.717) is 27.5 Å². The van der Waals surface area contributed by atoms with Gasteiger partial charge < -0.3 is 25.0 Å². The van der Waals surface area contributed by atoms with E-state index in [1.807, 2.05) is 6.07 Å². The fourth-order valence-corrected chi connectivity index (χ4v) is 5.23. The zero-order chi connectivity index (χ0) is 23.2. The highest BCUT2D eigenvalue weighted by atomic mass is 32.2. The number of rotatable bonds is 9. The Morgan fingerprint density at radius 1 is 1.36 bits per heavy atom. The molecule has 0 saturated carbocycles. The summed E-state index contributed by atoms with van der Waals surface area (Å²) in [5, 5.41) is 13.9. The second-order valence-corrected chi connectivity index (χ2v) is 9.90. The van der Waals surface area contributed by atoms with Gasteiger partial charge in [-0.15, -0.1) is 10.2 Å². The van der Waals surface area contributed by atoms with Crippen molar-refractivity contribution in [3.63, 3.8) is 0 Å². The van der Waals surface area contributed by atoms with Crippen LogP contribution in [0, 0.1) is 5.92 Å². The molecule has 0 spiro atoms. The molecule has 33 heavy (non-hydrogen) atoms. The van der Waals surface area contributed by atoms with Crippen LogP contribution in [0.1, 0.15) is 19.3 Å². The van der Waals surface area contributed by atoms with Gasteiger partial charge in [-0.25, -0.2) is 0 Å². The van der Waals surface area contributed by atoms with Crippen LogP contribution >= 0.6 is 23.1 Å². The lowest BCUT2D eigenvalue weighted by Gasteiger charge is -2.17. The van der Waals surface area contributed by atoms with Crippen LogP contribution in [0.2, 0.25) is 0 Å². The summed E-state index contributed by atoms with van der Waals surface area (Å²) in [6.07, 6.45) is 2.22. The van der Waals surface area contributed by atoms with Crippen molar-refractivity contribution >= 4 is 51.6 Å². The maximum Gasteiger partial charge on any atom is 0.231 e. The van der Waals surface area contributed by atoms with Crippen LogP contribution in [0.5, 0.6) is 5.75 Å². The summed E-state index contributed by atoms with van der Waals surface area (Å²) in [5.74, 6) is -0.137. The van der Waals surface area contributed by atoms with Gasteiger partial charge in [0.1, 0.15) is 5.75 Å². The van der Waals surface area contributed by atoms with E-state index >= 15 is 0 Å². The Hall–Kier alpha value is -2.70. The van der Waals surface area contributed by atoms with Gasteiger partial charge in [-0.2, -0.15) is 0 Å². The Balaban J connectivity index is 1.24. The first-order valence-corrected chi connectivity index (χ1v) is 12.4. The van der Waals surface area contributed by atoms with E-state index in [1.165, 1.54) is 23.1 Å². The van der Waals surface area contributed by atoms with Crippen LogP contribution in [-0.2, 0) is 19.1 Å². The minimum Gasteiger partial charge on any atom is -0.497 e. The van der Waals surface area contributed by atoms with E-state index in [1.54, 1.807) is 30.2 Å². The summed E-state index contributed by atoms with van der Waals surface area (Å²) in [5.41, 5.74) is 0.696. The number of carbonyl (C=O) groups is 3. The second-order valence-electron chi connectivity index (χ2n) is 7.70. The van der Waals surface area contributed by atoms with E-state index in [0.717, 1.165) is 19.4 Å². The molecule has 0 aliphatic carbocycles. The van der Waals surface area contributed by atoms with Gasteiger partial charge in [0.2, 0.25) is 22.9 Å². The molecule has 2 aliphatic heterocycles. The topological polar surface area (TPSA) is 123 Å². The zero-order valence-electron chi connectivity index (χ0n) is 18.1. The first-order chi connectivity index (χ1) is 16.0. The maximum absolute atomic E-state index is 12.7. The third-order valence-electron chi connectivity index (χ3n) is 5.38. The average Bonchev–Trinajstić information content (AvgIpc) is 3.58. The molecular formula is C21H25N5O5S2. The lowest BCUT2D eigenvalue weighted by Crippen LogP contribution is -2.32. The second kappa shape index (κ2) is 10.9. The molecule has 3 amide bonds. The lowest BCUT2D eigenvalue weighted by atomic mass is 10.1. The van der Waals surface area contributed by atoms with Crippen molar-refractivity contribution in [3.05, 3.63) is 24.3 Å². The largest absolute Gasteiger partial charge is 0.497 e. The predicted octanol–water partition coefficient (Wildman–Crippen LogP) is 1.93. The number of hydrogen-bond donors (Lipinski definition) is 2. The van der Waals surface area contributed by atoms with Crippen molar-refractivity contribution in [2.75, 3.05) is 42.8 Å². The predicted molar refractivity (Wildman–Crippen MR) is 125 cm³/mol. The van der Waals surface area contributed by atoms with E-state index in [-0.39, 0.29) is 42.5 Å². The van der Waals surface area contributed by atoms with E-state index < -0.39 is 5.92 Å². The van der Waals surface area contributed by atoms with Crippen LogP contribution in [-0.4, -0.2) is 66.6 Å². The van der Waals surface area contributed by atoms with Crippen molar-refractivity contribution in [1.82, 2.24) is 15.5 Å². The monoisotopic (exact) mass is 491 g/mol. The molecule has 0 unspecified atom stereocenters. The van der Waals surface area contributed by atoms with E-state index in [4.69, 9.17) is 9.47 Å². The molecule has 1 aromatic heterocycles. The molecule has 2 atom stereocenters. The van der Waals surface area contributed by atoms with Gasteiger partial charge in [0, 0.05) is 37.9 Å². The van der Waals surface area contributed by atoms with Gasteiger partial charge in [0.25, 0.3) is 0 Å². The van der Waals surface area contributed by atoms with Crippen molar-refractivity contribution in [3.8, 4) is 5.75 Å². The maximum atomic E-state index is 12.7. The molecule has 12 heteroatoms. The Bertz CT molecular complexity index is 1010. The molecule has 2 fully saturated rings. The van der Waals surface area contributed by atoms with Crippen molar-refractivity contribution < 1.29 is 23.9 Å².